The number of carbonyl (C=O) groups is 1. The number of rotatable bonds is 5. The largest absolute Gasteiger partial charge is 0.374 e. The molecular weight excluding hydrogens is 324 g/mol. The van der Waals surface area contributed by atoms with Gasteiger partial charge < -0.3 is 15.5 Å². The van der Waals surface area contributed by atoms with E-state index < -0.39 is 6.04 Å². The number of hydrogen-bond acceptors (Lipinski definition) is 4. The molecule has 1 atom stereocenters. The number of nitriles is 1. The fourth-order valence-electron chi connectivity index (χ4n) is 3.17. The van der Waals surface area contributed by atoms with Crippen LogP contribution in [0.15, 0.2) is 48.5 Å². The molecule has 3 rings (SSSR count). The maximum absolute atomic E-state index is 12.4. The van der Waals surface area contributed by atoms with Gasteiger partial charge in [-0.25, -0.2) is 0 Å². The van der Waals surface area contributed by atoms with Crippen molar-refractivity contribution in [3.05, 3.63) is 54.1 Å². The zero-order chi connectivity index (χ0) is 18.4. The van der Waals surface area contributed by atoms with Crippen molar-refractivity contribution in [1.82, 2.24) is 0 Å². The van der Waals surface area contributed by atoms with Crippen LogP contribution in [0.25, 0.3) is 0 Å². The number of piperidine rings is 1. The molecule has 0 unspecified atom stereocenters. The van der Waals surface area contributed by atoms with E-state index in [0.29, 0.717) is 11.3 Å². The van der Waals surface area contributed by atoms with Crippen molar-refractivity contribution < 1.29 is 4.79 Å². The first-order valence-corrected chi connectivity index (χ1v) is 9.09. The third kappa shape index (κ3) is 4.34. The van der Waals surface area contributed by atoms with Gasteiger partial charge in [-0.1, -0.05) is 12.1 Å². The number of nitrogens with one attached hydrogen (secondary N) is 2. The molecule has 0 bridgehead atoms. The van der Waals surface area contributed by atoms with Crippen LogP contribution in [0, 0.1) is 11.3 Å². The zero-order valence-electron chi connectivity index (χ0n) is 15.0. The van der Waals surface area contributed by atoms with Gasteiger partial charge >= 0.3 is 0 Å². The van der Waals surface area contributed by atoms with Crippen molar-refractivity contribution in [3.63, 3.8) is 0 Å². The number of nitrogens with zero attached hydrogens (tertiary/aromatic N) is 2. The van der Waals surface area contributed by atoms with Crippen molar-refractivity contribution in [2.24, 2.45) is 0 Å². The lowest BCUT2D eigenvalue weighted by atomic mass is 10.1. The van der Waals surface area contributed by atoms with Gasteiger partial charge in [0.05, 0.1) is 11.3 Å². The topological polar surface area (TPSA) is 68.2 Å². The minimum Gasteiger partial charge on any atom is -0.374 e. The van der Waals surface area contributed by atoms with Crippen LogP contribution in [-0.2, 0) is 4.79 Å². The predicted octanol–water partition coefficient (Wildman–Crippen LogP) is 3.99. The fraction of sp³-hybridized carbons (Fsp3) is 0.333. The molecule has 1 aliphatic rings. The van der Waals surface area contributed by atoms with Gasteiger partial charge in [-0.15, -0.1) is 0 Å². The van der Waals surface area contributed by atoms with Crippen LogP contribution in [0.1, 0.15) is 31.7 Å². The van der Waals surface area contributed by atoms with Crippen LogP contribution in [0.5, 0.6) is 0 Å². The summed E-state index contributed by atoms with van der Waals surface area (Å²) in [4.78, 5) is 14.8. The lowest BCUT2D eigenvalue weighted by Gasteiger charge is -2.29. The molecule has 2 aromatic rings. The van der Waals surface area contributed by atoms with Gasteiger partial charge in [0.15, 0.2) is 0 Å². The first kappa shape index (κ1) is 17.8. The lowest BCUT2D eigenvalue weighted by molar-refractivity contribution is -0.116. The van der Waals surface area contributed by atoms with E-state index in [9.17, 15) is 4.79 Å². The smallest absolute Gasteiger partial charge is 0.246 e. The lowest BCUT2D eigenvalue weighted by Crippen LogP contribution is -2.32. The Morgan fingerprint density at radius 3 is 2.46 bits per heavy atom. The van der Waals surface area contributed by atoms with Crippen molar-refractivity contribution in [2.75, 3.05) is 28.6 Å². The standard InChI is InChI=1S/C21H24N4O/c1-16(21(26)24-20-8-4-3-7-17(20)15-22)23-18-9-11-19(12-10-18)25-13-5-2-6-14-25/h3-4,7-12,16,23H,2,5-6,13-14H2,1H3,(H,24,26)/t16-/m0/s1. The van der Waals surface area contributed by atoms with E-state index in [-0.39, 0.29) is 5.91 Å². The SMILES string of the molecule is C[C@H](Nc1ccc(N2CCCCC2)cc1)C(=O)Nc1ccccc1C#N. The van der Waals surface area contributed by atoms with Gasteiger partial charge in [0.25, 0.3) is 0 Å². The monoisotopic (exact) mass is 348 g/mol. The molecule has 5 nitrogen and oxygen atoms in total. The van der Waals surface area contributed by atoms with Crippen molar-refractivity contribution in [3.8, 4) is 6.07 Å². The Morgan fingerprint density at radius 1 is 1.08 bits per heavy atom. The molecule has 134 valence electrons. The molecular formula is C21H24N4O. The normalized spacial score (nSPS) is 15.0. The van der Waals surface area contributed by atoms with Crippen LogP contribution in [-0.4, -0.2) is 25.0 Å². The minimum atomic E-state index is -0.414. The highest BCUT2D eigenvalue weighted by molar-refractivity contribution is 5.97. The Morgan fingerprint density at radius 2 is 1.77 bits per heavy atom. The summed E-state index contributed by atoms with van der Waals surface area (Å²) in [7, 11) is 0. The van der Waals surface area contributed by atoms with Gasteiger partial charge in [-0.2, -0.15) is 5.26 Å². The number of anilines is 3. The Balaban J connectivity index is 1.59. The average molecular weight is 348 g/mol. The number of para-hydroxylation sites is 1. The molecule has 0 spiro atoms. The summed E-state index contributed by atoms with van der Waals surface area (Å²) in [5, 5.41) is 15.1. The number of amides is 1. The molecule has 5 heteroatoms. The summed E-state index contributed by atoms with van der Waals surface area (Å²) >= 11 is 0. The Labute approximate surface area is 154 Å². The van der Waals surface area contributed by atoms with Crippen LogP contribution in [0.2, 0.25) is 0 Å². The number of benzene rings is 2. The van der Waals surface area contributed by atoms with E-state index in [4.69, 9.17) is 5.26 Å². The van der Waals surface area contributed by atoms with Gasteiger partial charge in [0, 0.05) is 24.5 Å². The van der Waals surface area contributed by atoms with E-state index in [1.807, 2.05) is 19.1 Å². The average Bonchev–Trinajstić information content (AvgIpc) is 2.69. The Hall–Kier alpha value is -3.00. The molecule has 0 saturated carbocycles. The minimum absolute atomic E-state index is 0.173. The second kappa shape index (κ2) is 8.39. The summed E-state index contributed by atoms with van der Waals surface area (Å²) in [6.45, 7) is 4.04. The highest BCUT2D eigenvalue weighted by atomic mass is 16.2. The first-order chi connectivity index (χ1) is 12.7. The van der Waals surface area contributed by atoms with E-state index in [1.54, 1.807) is 24.3 Å². The third-order valence-corrected chi connectivity index (χ3v) is 4.67. The second-order valence-corrected chi connectivity index (χ2v) is 6.61. The Kier molecular flexibility index (Phi) is 5.75. The third-order valence-electron chi connectivity index (χ3n) is 4.67. The summed E-state index contributed by atoms with van der Waals surface area (Å²) in [5.74, 6) is -0.173. The van der Waals surface area contributed by atoms with Crippen LogP contribution in [0.4, 0.5) is 17.1 Å². The summed E-state index contributed by atoms with van der Waals surface area (Å²) in [6, 6.07) is 16.9. The summed E-state index contributed by atoms with van der Waals surface area (Å²) in [6.07, 6.45) is 3.82. The summed E-state index contributed by atoms with van der Waals surface area (Å²) < 4.78 is 0. The molecule has 1 amide bonds. The predicted molar refractivity (Wildman–Crippen MR) is 105 cm³/mol. The van der Waals surface area contributed by atoms with E-state index in [2.05, 4.69) is 33.7 Å². The number of carbonyl (C=O) groups excluding carboxylic acids is 1. The quantitative estimate of drug-likeness (QED) is 0.857. The first-order valence-electron chi connectivity index (χ1n) is 9.09. The molecule has 0 aliphatic carbocycles. The van der Waals surface area contributed by atoms with Crippen LogP contribution < -0.4 is 15.5 Å². The van der Waals surface area contributed by atoms with Crippen molar-refractivity contribution in [1.29, 1.82) is 5.26 Å². The maximum atomic E-state index is 12.4. The van der Waals surface area contributed by atoms with E-state index in [1.165, 1.54) is 24.9 Å². The zero-order valence-corrected chi connectivity index (χ0v) is 15.0. The maximum Gasteiger partial charge on any atom is 0.246 e. The second-order valence-electron chi connectivity index (χ2n) is 6.61. The Bertz CT molecular complexity index is 788. The highest BCUT2D eigenvalue weighted by Gasteiger charge is 2.15. The molecule has 1 heterocycles. The van der Waals surface area contributed by atoms with Gasteiger partial charge in [-0.05, 0) is 62.6 Å². The van der Waals surface area contributed by atoms with Gasteiger partial charge in [-0.3, -0.25) is 4.79 Å². The molecule has 1 fully saturated rings. The molecule has 1 aliphatic heterocycles. The molecule has 0 radical (unpaired) electrons. The molecule has 2 aromatic carbocycles. The van der Waals surface area contributed by atoms with Crippen LogP contribution >= 0.6 is 0 Å². The van der Waals surface area contributed by atoms with Crippen molar-refractivity contribution >= 4 is 23.0 Å². The van der Waals surface area contributed by atoms with E-state index in [0.717, 1.165) is 18.8 Å². The highest BCUT2D eigenvalue weighted by Crippen LogP contribution is 2.22. The fourth-order valence-corrected chi connectivity index (χ4v) is 3.17. The van der Waals surface area contributed by atoms with E-state index >= 15 is 0 Å². The van der Waals surface area contributed by atoms with Crippen LogP contribution in [0.3, 0.4) is 0 Å². The molecule has 2 N–H and O–H groups in total. The molecule has 1 saturated heterocycles. The molecule has 0 aromatic heterocycles. The van der Waals surface area contributed by atoms with Gasteiger partial charge in [0.2, 0.25) is 5.91 Å². The molecule has 26 heavy (non-hydrogen) atoms. The van der Waals surface area contributed by atoms with Crippen molar-refractivity contribution in [2.45, 2.75) is 32.2 Å². The number of hydrogen-bond donors (Lipinski definition) is 2. The van der Waals surface area contributed by atoms with Gasteiger partial charge in [0.1, 0.15) is 12.1 Å². The summed E-state index contributed by atoms with van der Waals surface area (Å²) in [5.41, 5.74) is 3.13.